The zero-order valence-corrected chi connectivity index (χ0v) is 16.6. The first-order chi connectivity index (χ1) is 13.8. The first-order valence-electron chi connectivity index (χ1n) is 9.42. The number of piperidine rings is 1. The number of anilines is 1. The van der Waals surface area contributed by atoms with Gasteiger partial charge >= 0.3 is 5.97 Å². The molecular formula is C20H25N3O6. The van der Waals surface area contributed by atoms with Gasteiger partial charge in [0.15, 0.2) is 6.29 Å². The van der Waals surface area contributed by atoms with E-state index in [1.807, 2.05) is 6.92 Å². The smallest absolute Gasteiger partial charge is 0.326 e. The van der Waals surface area contributed by atoms with Gasteiger partial charge in [0.05, 0.1) is 12.2 Å². The molecule has 0 aliphatic carbocycles. The van der Waals surface area contributed by atoms with Crippen LogP contribution in [0.25, 0.3) is 0 Å². The second-order valence-corrected chi connectivity index (χ2v) is 6.79. The standard InChI is InChI=1S/C20H25N3O6/c1-3-4-10-29-18(26)11-23-17(25)9-8-16(20(23)28)22(2)19(27)13-6-5-7-15(21)14(13)12-24/h5-7,12,16H,3-4,8-11,21H2,1-2H3. The number of nitrogens with zero attached hydrogens (tertiary/aromatic N) is 2. The van der Waals surface area contributed by atoms with Crippen molar-refractivity contribution in [1.29, 1.82) is 0 Å². The Labute approximate surface area is 168 Å². The number of likely N-dealkylation sites (N-methyl/N-ethyl adjacent to an activating group) is 1. The van der Waals surface area contributed by atoms with E-state index in [0.29, 0.717) is 12.7 Å². The van der Waals surface area contributed by atoms with Gasteiger partial charge < -0.3 is 15.4 Å². The summed E-state index contributed by atoms with van der Waals surface area (Å²) in [6.45, 7) is 1.68. The summed E-state index contributed by atoms with van der Waals surface area (Å²) in [6.07, 6.45) is 2.15. The summed E-state index contributed by atoms with van der Waals surface area (Å²) in [5, 5.41) is 0. The number of aldehydes is 1. The van der Waals surface area contributed by atoms with E-state index >= 15 is 0 Å². The first-order valence-corrected chi connectivity index (χ1v) is 9.42. The van der Waals surface area contributed by atoms with Gasteiger partial charge in [0.2, 0.25) is 5.91 Å². The van der Waals surface area contributed by atoms with Crippen LogP contribution in [0.4, 0.5) is 5.69 Å². The molecule has 1 aromatic rings. The predicted molar refractivity (Wildman–Crippen MR) is 104 cm³/mol. The molecule has 0 aromatic heterocycles. The minimum Gasteiger partial charge on any atom is -0.464 e. The number of unbranched alkanes of at least 4 members (excludes halogenated alkanes) is 1. The molecule has 1 aliphatic heterocycles. The summed E-state index contributed by atoms with van der Waals surface area (Å²) < 4.78 is 5.02. The highest BCUT2D eigenvalue weighted by atomic mass is 16.5. The number of esters is 1. The number of hydrogen-bond acceptors (Lipinski definition) is 7. The highest BCUT2D eigenvalue weighted by Crippen LogP contribution is 2.22. The number of nitrogen functional groups attached to an aromatic ring is 1. The lowest BCUT2D eigenvalue weighted by Gasteiger charge is -2.35. The molecule has 1 heterocycles. The number of likely N-dealkylation sites (tertiary alicyclic amines) is 1. The van der Waals surface area contributed by atoms with Crippen LogP contribution >= 0.6 is 0 Å². The molecule has 9 nitrogen and oxygen atoms in total. The fourth-order valence-electron chi connectivity index (χ4n) is 3.08. The van der Waals surface area contributed by atoms with E-state index in [0.717, 1.165) is 11.3 Å². The average molecular weight is 403 g/mol. The third kappa shape index (κ3) is 4.98. The third-order valence-electron chi connectivity index (χ3n) is 4.81. The third-order valence-corrected chi connectivity index (χ3v) is 4.81. The predicted octanol–water partition coefficient (Wildman–Crippen LogP) is 1.01. The average Bonchev–Trinajstić information content (AvgIpc) is 2.70. The Balaban J connectivity index is 2.15. The Bertz CT molecular complexity index is 822. The van der Waals surface area contributed by atoms with Crippen molar-refractivity contribution in [3.63, 3.8) is 0 Å². The number of ether oxygens (including phenoxy) is 1. The number of amides is 3. The van der Waals surface area contributed by atoms with E-state index in [2.05, 4.69) is 0 Å². The lowest BCUT2D eigenvalue weighted by molar-refractivity contribution is -0.159. The Morgan fingerprint density at radius 1 is 1.34 bits per heavy atom. The largest absolute Gasteiger partial charge is 0.464 e. The van der Waals surface area contributed by atoms with Crippen molar-refractivity contribution in [2.45, 2.75) is 38.6 Å². The quantitative estimate of drug-likeness (QED) is 0.226. The molecule has 0 radical (unpaired) electrons. The van der Waals surface area contributed by atoms with E-state index in [4.69, 9.17) is 10.5 Å². The monoisotopic (exact) mass is 403 g/mol. The molecule has 2 N–H and O–H groups in total. The summed E-state index contributed by atoms with van der Waals surface area (Å²) in [6, 6.07) is 3.54. The van der Waals surface area contributed by atoms with Gasteiger partial charge in [-0.05, 0) is 25.0 Å². The molecule has 9 heteroatoms. The molecule has 1 unspecified atom stereocenters. The maximum absolute atomic E-state index is 12.9. The van der Waals surface area contributed by atoms with Gasteiger partial charge in [0.1, 0.15) is 12.6 Å². The van der Waals surface area contributed by atoms with Crippen LogP contribution in [0.2, 0.25) is 0 Å². The number of carbonyl (C=O) groups excluding carboxylic acids is 5. The van der Waals surface area contributed by atoms with Crippen LogP contribution in [0.15, 0.2) is 18.2 Å². The zero-order valence-electron chi connectivity index (χ0n) is 16.6. The first kappa shape index (κ1) is 22.1. The molecule has 1 atom stereocenters. The number of carbonyl (C=O) groups is 5. The summed E-state index contributed by atoms with van der Waals surface area (Å²) >= 11 is 0. The van der Waals surface area contributed by atoms with Crippen LogP contribution in [0.5, 0.6) is 0 Å². The normalized spacial score (nSPS) is 16.5. The number of hydrogen-bond donors (Lipinski definition) is 1. The van der Waals surface area contributed by atoms with Crippen LogP contribution < -0.4 is 5.73 Å². The molecule has 0 saturated carbocycles. The SMILES string of the molecule is CCCCOC(=O)CN1C(=O)CCC(N(C)C(=O)c2cccc(N)c2C=O)C1=O. The van der Waals surface area contributed by atoms with Crippen LogP contribution in [-0.4, -0.2) is 66.0 Å². The van der Waals surface area contributed by atoms with Crippen molar-refractivity contribution in [3.05, 3.63) is 29.3 Å². The molecule has 1 aliphatic rings. The topological polar surface area (TPSA) is 127 Å². The second-order valence-electron chi connectivity index (χ2n) is 6.79. The van der Waals surface area contributed by atoms with E-state index < -0.39 is 36.3 Å². The highest BCUT2D eigenvalue weighted by molar-refractivity contribution is 6.08. The van der Waals surface area contributed by atoms with Gasteiger partial charge in [-0.25, -0.2) is 0 Å². The summed E-state index contributed by atoms with van der Waals surface area (Å²) in [7, 11) is 1.41. The van der Waals surface area contributed by atoms with Gasteiger partial charge in [0, 0.05) is 24.7 Å². The Kier molecular flexibility index (Phi) is 7.46. The molecule has 3 amide bonds. The maximum atomic E-state index is 12.9. The van der Waals surface area contributed by atoms with Crippen LogP contribution in [0.1, 0.15) is 53.3 Å². The minimum atomic E-state index is -0.940. The maximum Gasteiger partial charge on any atom is 0.326 e. The van der Waals surface area contributed by atoms with Crippen molar-refractivity contribution in [1.82, 2.24) is 9.80 Å². The lowest BCUT2D eigenvalue weighted by Crippen LogP contribution is -2.56. The van der Waals surface area contributed by atoms with Crippen molar-refractivity contribution in [2.75, 3.05) is 25.9 Å². The number of rotatable bonds is 8. The number of benzene rings is 1. The van der Waals surface area contributed by atoms with Crippen LogP contribution in [0.3, 0.4) is 0 Å². The van der Waals surface area contributed by atoms with E-state index in [9.17, 15) is 24.0 Å². The Morgan fingerprint density at radius 2 is 2.07 bits per heavy atom. The number of nitrogens with two attached hydrogens (primary N) is 1. The molecule has 0 bridgehead atoms. The van der Waals surface area contributed by atoms with Crippen LogP contribution in [-0.2, 0) is 19.1 Å². The Hall–Kier alpha value is -3.23. The van der Waals surface area contributed by atoms with Crippen molar-refractivity contribution in [3.8, 4) is 0 Å². The summed E-state index contributed by atoms with van der Waals surface area (Å²) in [5.41, 5.74) is 6.01. The van der Waals surface area contributed by atoms with Crippen LogP contribution in [0, 0.1) is 0 Å². The zero-order chi connectivity index (χ0) is 21.6. The van der Waals surface area contributed by atoms with Crippen molar-refractivity contribution < 1.29 is 28.7 Å². The molecule has 1 saturated heterocycles. The minimum absolute atomic E-state index is 0.00767. The molecule has 0 spiro atoms. The molecule has 29 heavy (non-hydrogen) atoms. The van der Waals surface area contributed by atoms with Gasteiger partial charge in [-0.3, -0.25) is 28.9 Å². The lowest BCUT2D eigenvalue weighted by atomic mass is 10.00. The molecular weight excluding hydrogens is 378 g/mol. The second kappa shape index (κ2) is 9.81. The van der Waals surface area contributed by atoms with Gasteiger partial charge in [-0.15, -0.1) is 0 Å². The van der Waals surface area contributed by atoms with E-state index in [1.165, 1.54) is 30.1 Å². The van der Waals surface area contributed by atoms with E-state index in [1.54, 1.807) is 0 Å². The summed E-state index contributed by atoms with van der Waals surface area (Å²) in [5.74, 6) is -2.38. The fraction of sp³-hybridized carbons (Fsp3) is 0.450. The highest BCUT2D eigenvalue weighted by Gasteiger charge is 2.39. The Morgan fingerprint density at radius 3 is 2.72 bits per heavy atom. The molecule has 2 rings (SSSR count). The van der Waals surface area contributed by atoms with Crippen molar-refractivity contribution in [2.24, 2.45) is 0 Å². The van der Waals surface area contributed by atoms with Gasteiger partial charge in [-0.2, -0.15) is 0 Å². The molecule has 156 valence electrons. The molecule has 1 aromatic carbocycles. The van der Waals surface area contributed by atoms with Crippen molar-refractivity contribution >= 4 is 35.7 Å². The summed E-state index contributed by atoms with van der Waals surface area (Å²) in [4.78, 5) is 63.1. The fourth-order valence-corrected chi connectivity index (χ4v) is 3.08. The van der Waals surface area contributed by atoms with E-state index in [-0.39, 0.29) is 36.3 Å². The van der Waals surface area contributed by atoms with Gasteiger partial charge in [0.25, 0.3) is 11.8 Å². The number of imide groups is 1. The van der Waals surface area contributed by atoms with Gasteiger partial charge in [-0.1, -0.05) is 19.4 Å². The molecule has 1 fully saturated rings.